The second kappa shape index (κ2) is 10.4. The van der Waals surface area contributed by atoms with E-state index in [1.807, 2.05) is 13.0 Å². The van der Waals surface area contributed by atoms with Crippen molar-refractivity contribution in [3.05, 3.63) is 59.7 Å². The fourth-order valence-corrected chi connectivity index (χ4v) is 2.76. The second-order valence-electron chi connectivity index (χ2n) is 6.29. The third-order valence-electron chi connectivity index (χ3n) is 4.07. The van der Waals surface area contributed by atoms with Crippen LogP contribution in [0.25, 0.3) is 0 Å². The Morgan fingerprint density at radius 1 is 1.18 bits per heavy atom. The van der Waals surface area contributed by atoms with Crippen LogP contribution in [0.4, 0.5) is 14.5 Å². The van der Waals surface area contributed by atoms with Crippen molar-refractivity contribution in [1.29, 1.82) is 5.26 Å². The number of rotatable bonds is 9. The summed E-state index contributed by atoms with van der Waals surface area (Å²) in [5.41, 5.74) is 0.964. The van der Waals surface area contributed by atoms with Crippen LogP contribution in [0, 0.1) is 23.0 Å². The number of likely N-dealkylation sites (N-methyl/N-ethyl adjacent to an activating group) is 1. The molecule has 0 N–H and O–H groups in total. The van der Waals surface area contributed by atoms with Crippen molar-refractivity contribution in [2.75, 3.05) is 31.6 Å². The van der Waals surface area contributed by atoms with Gasteiger partial charge in [0.2, 0.25) is 5.91 Å². The molecule has 0 unspecified atom stereocenters. The van der Waals surface area contributed by atoms with Gasteiger partial charge in [0.25, 0.3) is 0 Å². The molecule has 1 amide bonds. The molecule has 148 valence electrons. The van der Waals surface area contributed by atoms with Gasteiger partial charge in [0, 0.05) is 30.4 Å². The highest BCUT2D eigenvalue weighted by Gasteiger charge is 2.18. The summed E-state index contributed by atoms with van der Waals surface area (Å²) in [4.78, 5) is 16.0. The van der Waals surface area contributed by atoms with Crippen LogP contribution in [-0.4, -0.2) is 37.6 Å². The number of nitrogens with zero attached hydrogens (tertiary/aromatic N) is 3. The Hall–Kier alpha value is -2.98. The van der Waals surface area contributed by atoms with Crippen LogP contribution in [0.1, 0.15) is 18.9 Å². The summed E-state index contributed by atoms with van der Waals surface area (Å²) in [6.45, 7) is 2.86. The monoisotopic (exact) mass is 387 g/mol. The highest BCUT2D eigenvalue weighted by Crippen LogP contribution is 2.20. The SMILES string of the molecule is CCOc1ccc(N(CCC#N)C(=O)CN(C)Cc2ccc(F)cc2F)cc1. The van der Waals surface area contributed by atoms with Gasteiger partial charge in [0.15, 0.2) is 0 Å². The molecule has 5 nitrogen and oxygen atoms in total. The van der Waals surface area contributed by atoms with Gasteiger partial charge >= 0.3 is 0 Å². The molecule has 0 aliphatic heterocycles. The van der Waals surface area contributed by atoms with E-state index in [9.17, 15) is 13.6 Å². The Bertz CT molecular complexity index is 835. The van der Waals surface area contributed by atoms with E-state index in [1.54, 1.807) is 36.2 Å². The predicted octanol–water partition coefficient (Wildman–Crippen LogP) is 3.74. The zero-order valence-electron chi connectivity index (χ0n) is 16.0. The van der Waals surface area contributed by atoms with Crippen molar-refractivity contribution in [3.63, 3.8) is 0 Å². The molecule has 0 heterocycles. The summed E-state index contributed by atoms with van der Waals surface area (Å²) in [5, 5.41) is 8.90. The molecule has 2 aromatic rings. The molecule has 0 atom stereocenters. The number of hydrogen-bond donors (Lipinski definition) is 0. The molecular weight excluding hydrogens is 364 g/mol. The maximum absolute atomic E-state index is 13.8. The molecule has 0 aliphatic carbocycles. The second-order valence-corrected chi connectivity index (χ2v) is 6.29. The highest BCUT2D eigenvalue weighted by atomic mass is 19.1. The zero-order valence-corrected chi connectivity index (χ0v) is 16.0. The molecule has 0 saturated carbocycles. The first-order valence-electron chi connectivity index (χ1n) is 8.97. The van der Waals surface area contributed by atoms with Gasteiger partial charge in [-0.1, -0.05) is 6.07 Å². The smallest absolute Gasteiger partial charge is 0.241 e. The molecule has 0 radical (unpaired) electrons. The molecule has 0 bridgehead atoms. The summed E-state index contributed by atoms with van der Waals surface area (Å²) < 4.78 is 32.3. The third kappa shape index (κ3) is 6.03. The summed E-state index contributed by atoms with van der Waals surface area (Å²) in [5.74, 6) is -0.808. The fraction of sp³-hybridized carbons (Fsp3) is 0.333. The Labute approximate surface area is 163 Å². The van der Waals surface area contributed by atoms with Gasteiger partial charge in [0.05, 0.1) is 25.6 Å². The minimum atomic E-state index is -0.646. The zero-order chi connectivity index (χ0) is 20.5. The molecular formula is C21H23F2N3O2. The lowest BCUT2D eigenvalue weighted by Crippen LogP contribution is -2.39. The van der Waals surface area contributed by atoms with Crippen molar-refractivity contribution >= 4 is 11.6 Å². The van der Waals surface area contributed by atoms with E-state index in [4.69, 9.17) is 10.00 Å². The van der Waals surface area contributed by atoms with Gasteiger partial charge in [-0.3, -0.25) is 9.69 Å². The number of hydrogen-bond acceptors (Lipinski definition) is 4. The maximum Gasteiger partial charge on any atom is 0.241 e. The summed E-state index contributed by atoms with van der Waals surface area (Å²) in [6, 6.07) is 12.5. The van der Waals surface area contributed by atoms with Crippen LogP contribution in [0.15, 0.2) is 42.5 Å². The van der Waals surface area contributed by atoms with Crippen molar-refractivity contribution in [1.82, 2.24) is 4.90 Å². The minimum absolute atomic E-state index is 0.0233. The number of halogens is 2. The maximum atomic E-state index is 13.8. The number of nitriles is 1. The van der Waals surface area contributed by atoms with Crippen LogP contribution >= 0.6 is 0 Å². The quantitative estimate of drug-likeness (QED) is 0.658. The molecule has 0 saturated heterocycles. The first-order chi connectivity index (χ1) is 13.4. The van der Waals surface area contributed by atoms with E-state index in [0.717, 1.165) is 6.07 Å². The van der Waals surface area contributed by atoms with E-state index >= 15 is 0 Å². The van der Waals surface area contributed by atoms with Gasteiger partial charge in [-0.15, -0.1) is 0 Å². The van der Waals surface area contributed by atoms with E-state index in [0.29, 0.717) is 23.6 Å². The average molecular weight is 387 g/mol. The number of amides is 1. The van der Waals surface area contributed by atoms with Gasteiger partial charge in [-0.2, -0.15) is 5.26 Å². The molecule has 0 fully saturated rings. The third-order valence-corrected chi connectivity index (χ3v) is 4.07. The van der Waals surface area contributed by atoms with Crippen molar-refractivity contribution in [2.24, 2.45) is 0 Å². The number of ether oxygens (including phenoxy) is 1. The van der Waals surface area contributed by atoms with Gasteiger partial charge in [-0.25, -0.2) is 8.78 Å². The minimum Gasteiger partial charge on any atom is -0.494 e. The molecule has 0 aromatic heterocycles. The molecule has 0 spiro atoms. The van der Waals surface area contributed by atoms with Gasteiger partial charge in [-0.05, 0) is 44.3 Å². The lowest BCUT2D eigenvalue weighted by Gasteiger charge is -2.25. The normalized spacial score (nSPS) is 10.6. The van der Waals surface area contributed by atoms with E-state index in [-0.39, 0.29) is 32.0 Å². The Morgan fingerprint density at radius 2 is 1.89 bits per heavy atom. The van der Waals surface area contributed by atoms with Crippen LogP contribution in [0.2, 0.25) is 0 Å². The first kappa shape index (κ1) is 21.3. The standard InChI is InChI=1S/C21H23F2N3O2/c1-3-28-19-9-7-18(8-10-19)26(12-4-11-24)21(27)15-25(2)14-16-5-6-17(22)13-20(16)23/h5-10,13H,3-4,12,14-15H2,1-2H3. The summed E-state index contributed by atoms with van der Waals surface area (Å²) in [6.07, 6.45) is 0.190. The Kier molecular flexibility index (Phi) is 7.90. The topological polar surface area (TPSA) is 56.6 Å². The molecule has 2 rings (SSSR count). The van der Waals surface area contributed by atoms with Crippen molar-refractivity contribution in [2.45, 2.75) is 19.9 Å². The van der Waals surface area contributed by atoms with Crippen LogP contribution < -0.4 is 9.64 Å². The van der Waals surface area contributed by atoms with Gasteiger partial charge in [0.1, 0.15) is 17.4 Å². The number of anilines is 1. The Morgan fingerprint density at radius 3 is 2.50 bits per heavy atom. The predicted molar refractivity (Wildman–Crippen MR) is 103 cm³/mol. The fourth-order valence-electron chi connectivity index (χ4n) is 2.76. The summed E-state index contributed by atoms with van der Waals surface area (Å²) in [7, 11) is 1.68. The van der Waals surface area contributed by atoms with E-state index in [1.165, 1.54) is 17.0 Å². The molecule has 7 heteroatoms. The first-order valence-corrected chi connectivity index (χ1v) is 8.97. The van der Waals surface area contributed by atoms with E-state index in [2.05, 4.69) is 0 Å². The van der Waals surface area contributed by atoms with Crippen molar-refractivity contribution < 1.29 is 18.3 Å². The lowest BCUT2D eigenvalue weighted by molar-refractivity contribution is -0.119. The van der Waals surface area contributed by atoms with E-state index < -0.39 is 11.6 Å². The molecule has 28 heavy (non-hydrogen) atoms. The number of benzene rings is 2. The Balaban J connectivity index is 2.08. The van der Waals surface area contributed by atoms with Crippen LogP contribution in [0.3, 0.4) is 0 Å². The number of carbonyl (C=O) groups excluding carboxylic acids is 1. The van der Waals surface area contributed by atoms with Crippen molar-refractivity contribution in [3.8, 4) is 11.8 Å². The lowest BCUT2D eigenvalue weighted by atomic mass is 10.2. The van der Waals surface area contributed by atoms with Crippen LogP contribution in [-0.2, 0) is 11.3 Å². The largest absolute Gasteiger partial charge is 0.494 e. The van der Waals surface area contributed by atoms with Gasteiger partial charge < -0.3 is 9.64 Å². The average Bonchev–Trinajstić information content (AvgIpc) is 2.66. The molecule has 0 aliphatic rings. The van der Waals surface area contributed by atoms with Crippen LogP contribution in [0.5, 0.6) is 5.75 Å². The highest BCUT2D eigenvalue weighted by molar-refractivity contribution is 5.94. The summed E-state index contributed by atoms with van der Waals surface area (Å²) >= 11 is 0. The number of carbonyl (C=O) groups is 1. The molecule has 2 aromatic carbocycles.